The Hall–Kier alpha value is -2.14. The Morgan fingerprint density at radius 2 is 2.00 bits per heavy atom. The van der Waals surface area contributed by atoms with Gasteiger partial charge in [0.15, 0.2) is 0 Å². The molecule has 112 valence electrons. The third-order valence-electron chi connectivity index (χ3n) is 3.23. The number of aryl methyl sites for hydroxylation is 1. The highest BCUT2D eigenvalue weighted by atomic mass is 16.4. The summed E-state index contributed by atoms with van der Waals surface area (Å²) in [5.41, 5.74) is 6.74. The molecule has 21 heavy (non-hydrogen) atoms. The van der Waals surface area contributed by atoms with Gasteiger partial charge in [0, 0.05) is 17.6 Å². The van der Waals surface area contributed by atoms with Gasteiger partial charge in [0.2, 0.25) is 11.8 Å². The van der Waals surface area contributed by atoms with E-state index < -0.39 is 5.54 Å². The number of aromatic nitrogens is 1. The van der Waals surface area contributed by atoms with E-state index in [0.29, 0.717) is 23.9 Å². The molecule has 1 heterocycles. The first-order valence-corrected chi connectivity index (χ1v) is 6.94. The number of hydrogen-bond donors (Lipinski definition) is 2. The number of nitrogens with two attached hydrogens (primary N) is 1. The van der Waals surface area contributed by atoms with E-state index in [9.17, 15) is 4.79 Å². The van der Waals surface area contributed by atoms with E-state index >= 15 is 0 Å². The van der Waals surface area contributed by atoms with Gasteiger partial charge in [-0.3, -0.25) is 4.79 Å². The van der Waals surface area contributed by atoms with Crippen LogP contribution >= 0.6 is 0 Å². The molecular weight excluding hydrogens is 266 g/mol. The standard InChI is InChI=1S/C16H21N3O2/c1-11-13(9-14(20)19-16(2,3)10-17)18-15(21-11)12-7-5-4-6-8-12/h4-8H,9-10,17H2,1-3H3,(H,19,20). The molecule has 0 saturated carbocycles. The molecule has 0 unspecified atom stereocenters. The number of oxazole rings is 1. The van der Waals surface area contributed by atoms with Crippen molar-refractivity contribution < 1.29 is 9.21 Å². The monoisotopic (exact) mass is 287 g/mol. The molecule has 0 saturated heterocycles. The number of rotatable bonds is 5. The van der Waals surface area contributed by atoms with Crippen molar-refractivity contribution >= 4 is 5.91 Å². The van der Waals surface area contributed by atoms with E-state index in [2.05, 4.69) is 10.3 Å². The van der Waals surface area contributed by atoms with Crippen molar-refractivity contribution in [2.24, 2.45) is 5.73 Å². The summed E-state index contributed by atoms with van der Waals surface area (Å²) < 4.78 is 5.64. The zero-order valence-electron chi connectivity index (χ0n) is 12.6. The van der Waals surface area contributed by atoms with Crippen molar-refractivity contribution in [3.05, 3.63) is 41.8 Å². The molecule has 5 nitrogen and oxygen atoms in total. The Bertz CT molecular complexity index is 618. The summed E-state index contributed by atoms with van der Waals surface area (Å²) in [5, 5.41) is 2.89. The molecule has 0 aliphatic carbocycles. The molecule has 2 rings (SSSR count). The first-order chi connectivity index (χ1) is 9.91. The number of carbonyl (C=O) groups excluding carboxylic acids is 1. The molecule has 0 aliphatic heterocycles. The van der Waals surface area contributed by atoms with Crippen molar-refractivity contribution in [3.63, 3.8) is 0 Å². The van der Waals surface area contributed by atoms with Crippen molar-refractivity contribution in [3.8, 4) is 11.5 Å². The highest BCUT2D eigenvalue weighted by molar-refractivity contribution is 5.79. The van der Waals surface area contributed by atoms with E-state index in [1.165, 1.54) is 0 Å². The third-order valence-corrected chi connectivity index (χ3v) is 3.23. The lowest BCUT2D eigenvalue weighted by atomic mass is 10.1. The fourth-order valence-corrected chi connectivity index (χ4v) is 1.92. The Morgan fingerprint density at radius 1 is 1.33 bits per heavy atom. The molecule has 1 aromatic carbocycles. The van der Waals surface area contributed by atoms with Gasteiger partial charge in [-0.2, -0.15) is 0 Å². The largest absolute Gasteiger partial charge is 0.441 e. The van der Waals surface area contributed by atoms with E-state index in [0.717, 1.165) is 5.56 Å². The average Bonchev–Trinajstić information content (AvgIpc) is 2.80. The zero-order chi connectivity index (χ0) is 15.5. The van der Waals surface area contributed by atoms with Crippen LogP contribution in [0.15, 0.2) is 34.7 Å². The minimum absolute atomic E-state index is 0.110. The summed E-state index contributed by atoms with van der Waals surface area (Å²) >= 11 is 0. The first kappa shape index (κ1) is 15.3. The maximum atomic E-state index is 12.0. The molecule has 0 aliphatic rings. The lowest BCUT2D eigenvalue weighted by Gasteiger charge is -2.23. The van der Waals surface area contributed by atoms with Crippen LogP contribution in [0.5, 0.6) is 0 Å². The molecule has 3 N–H and O–H groups in total. The van der Waals surface area contributed by atoms with Crippen molar-refractivity contribution in [2.45, 2.75) is 32.7 Å². The van der Waals surface area contributed by atoms with Gasteiger partial charge in [0.05, 0.1) is 12.1 Å². The minimum Gasteiger partial charge on any atom is -0.441 e. The van der Waals surface area contributed by atoms with Gasteiger partial charge in [0.25, 0.3) is 0 Å². The summed E-state index contributed by atoms with van der Waals surface area (Å²) in [6.45, 7) is 5.97. The van der Waals surface area contributed by atoms with E-state index in [-0.39, 0.29) is 12.3 Å². The fourth-order valence-electron chi connectivity index (χ4n) is 1.92. The summed E-state index contributed by atoms with van der Waals surface area (Å²) in [6, 6.07) is 9.62. The number of amides is 1. The maximum absolute atomic E-state index is 12.0. The minimum atomic E-state index is -0.420. The van der Waals surface area contributed by atoms with Gasteiger partial charge in [-0.1, -0.05) is 18.2 Å². The molecule has 0 bridgehead atoms. The molecule has 1 amide bonds. The topological polar surface area (TPSA) is 81.2 Å². The number of hydrogen-bond acceptors (Lipinski definition) is 4. The van der Waals surface area contributed by atoms with Gasteiger partial charge in [-0.25, -0.2) is 4.98 Å². The molecule has 0 atom stereocenters. The van der Waals surface area contributed by atoms with Crippen LogP contribution in [-0.2, 0) is 11.2 Å². The number of nitrogens with zero attached hydrogens (tertiary/aromatic N) is 1. The van der Waals surface area contributed by atoms with E-state index in [4.69, 9.17) is 10.2 Å². The smallest absolute Gasteiger partial charge is 0.226 e. The lowest BCUT2D eigenvalue weighted by molar-refractivity contribution is -0.122. The predicted octanol–water partition coefficient (Wildman–Crippen LogP) is 2.05. The van der Waals surface area contributed by atoms with Crippen LogP contribution < -0.4 is 11.1 Å². The highest BCUT2D eigenvalue weighted by Crippen LogP contribution is 2.21. The van der Waals surface area contributed by atoms with Crippen LogP contribution in [-0.4, -0.2) is 23.0 Å². The molecule has 1 aromatic heterocycles. The Balaban J connectivity index is 2.12. The average molecular weight is 287 g/mol. The van der Waals surface area contributed by atoms with Crippen LogP contribution in [0.1, 0.15) is 25.3 Å². The SMILES string of the molecule is Cc1oc(-c2ccccc2)nc1CC(=O)NC(C)(C)CN. The molecule has 0 fully saturated rings. The zero-order valence-corrected chi connectivity index (χ0v) is 12.6. The van der Waals surface area contributed by atoms with Gasteiger partial charge in [0.1, 0.15) is 5.76 Å². The summed E-state index contributed by atoms with van der Waals surface area (Å²) in [7, 11) is 0. The first-order valence-electron chi connectivity index (χ1n) is 6.94. The number of nitrogens with one attached hydrogen (secondary N) is 1. The quantitative estimate of drug-likeness (QED) is 0.882. The van der Waals surface area contributed by atoms with Gasteiger partial charge in [-0.05, 0) is 32.9 Å². The lowest BCUT2D eigenvalue weighted by Crippen LogP contribution is -2.49. The van der Waals surface area contributed by atoms with Crippen molar-refractivity contribution in [1.29, 1.82) is 0 Å². The van der Waals surface area contributed by atoms with Gasteiger partial charge < -0.3 is 15.5 Å². The second-order valence-corrected chi connectivity index (χ2v) is 5.70. The summed E-state index contributed by atoms with van der Waals surface area (Å²) in [4.78, 5) is 16.5. The summed E-state index contributed by atoms with van der Waals surface area (Å²) in [5.74, 6) is 1.09. The van der Waals surface area contributed by atoms with Crippen LogP contribution in [0.4, 0.5) is 0 Å². The third kappa shape index (κ3) is 3.92. The van der Waals surface area contributed by atoms with Crippen LogP contribution in [0.2, 0.25) is 0 Å². The number of benzene rings is 1. The maximum Gasteiger partial charge on any atom is 0.226 e. The van der Waals surface area contributed by atoms with Crippen LogP contribution in [0.25, 0.3) is 11.5 Å². The highest BCUT2D eigenvalue weighted by Gasteiger charge is 2.20. The van der Waals surface area contributed by atoms with Gasteiger partial charge >= 0.3 is 0 Å². The second kappa shape index (κ2) is 6.10. The Morgan fingerprint density at radius 3 is 2.62 bits per heavy atom. The molecular formula is C16H21N3O2. The second-order valence-electron chi connectivity index (χ2n) is 5.70. The van der Waals surface area contributed by atoms with Crippen molar-refractivity contribution in [2.75, 3.05) is 6.54 Å². The van der Waals surface area contributed by atoms with E-state index in [1.807, 2.05) is 51.1 Å². The van der Waals surface area contributed by atoms with Crippen molar-refractivity contribution in [1.82, 2.24) is 10.3 Å². The Labute approximate surface area is 124 Å². The predicted molar refractivity (Wildman–Crippen MR) is 81.7 cm³/mol. The molecule has 2 aromatic rings. The molecule has 5 heteroatoms. The van der Waals surface area contributed by atoms with Gasteiger partial charge in [-0.15, -0.1) is 0 Å². The Kier molecular flexibility index (Phi) is 4.43. The molecule has 0 spiro atoms. The number of carbonyl (C=O) groups is 1. The molecule has 0 radical (unpaired) electrons. The normalized spacial score (nSPS) is 11.4. The van der Waals surface area contributed by atoms with E-state index in [1.54, 1.807) is 0 Å². The fraction of sp³-hybridized carbons (Fsp3) is 0.375. The van der Waals surface area contributed by atoms with Crippen LogP contribution in [0, 0.1) is 6.92 Å². The summed E-state index contributed by atoms with van der Waals surface area (Å²) in [6.07, 6.45) is 0.186. The van der Waals surface area contributed by atoms with Crippen LogP contribution in [0.3, 0.4) is 0 Å².